The number of methoxy groups -OCH3 is 1. The van der Waals surface area contributed by atoms with E-state index in [1.807, 2.05) is 6.92 Å². The van der Waals surface area contributed by atoms with E-state index in [-0.39, 0.29) is 17.0 Å². The second kappa shape index (κ2) is 8.77. The molecule has 8 nitrogen and oxygen atoms in total. The Bertz CT molecular complexity index is 995. The SMILES string of the molecule is CCCCN1C(=O)C(=O)C(=C(O)c2ccc(OC)cc2)C1c1ccc([N+](=O)[O-])cc1. The number of non-ortho nitro benzene ring substituents is 1. The number of nitrogens with zero attached hydrogens (tertiary/aromatic N) is 2. The summed E-state index contributed by atoms with van der Waals surface area (Å²) in [6.07, 6.45) is 1.49. The minimum Gasteiger partial charge on any atom is -0.507 e. The van der Waals surface area contributed by atoms with Crippen molar-refractivity contribution in [3.05, 3.63) is 75.3 Å². The zero-order valence-corrected chi connectivity index (χ0v) is 16.7. The first-order valence-electron chi connectivity index (χ1n) is 9.56. The number of Topliss-reactive ketones (excluding diaryl/α,β-unsaturated/α-hetero) is 1. The number of carbonyl (C=O) groups excluding carboxylic acids is 2. The summed E-state index contributed by atoms with van der Waals surface area (Å²) in [5.74, 6) is -1.18. The maximum Gasteiger partial charge on any atom is 0.295 e. The van der Waals surface area contributed by atoms with Crippen LogP contribution in [-0.4, -0.2) is 40.3 Å². The van der Waals surface area contributed by atoms with Gasteiger partial charge in [0.2, 0.25) is 0 Å². The van der Waals surface area contributed by atoms with Crippen molar-refractivity contribution in [1.82, 2.24) is 4.90 Å². The minimum absolute atomic E-state index is 0.0323. The molecule has 1 fully saturated rings. The molecule has 0 aromatic heterocycles. The third-order valence-corrected chi connectivity index (χ3v) is 5.08. The highest BCUT2D eigenvalue weighted by atomic mass is 16.6. The Morgan fingerprint density at radius 1 is 1.13 bits per heavy atom. The molecular formula is C22H22N2O6. The Morgan fingerprint density at radius 2 is 1.77 bits per heavy atom. The monoisotopic (exact) mass is 410 g/mol. The number of hydrogen-bond donors (Lipinski definition) is 1. The van der Waals surface area contributed by atoms with Crippen molar-refractivity contribution in [2.24, 2.45) is 0 Å². The topological polar surface area (TPSA) is 110 Å². The van der Waals surface area contributed by atoms with Crippen molar-refractivity contribution in [2.75, 3.05) is 13.7 Å². The molecule has 0 aliphatic carbocycles. The van der Waals surface area contributed by atoms with Crippen LogP contribution in [0.3, 0.4) is 0 Å². The van der Waals surface area contributed by atoms with Crippen LogP contribution in [0.5, 0.6) is 5.75 Å². The molecule has 1 saturated heterocycles. The number of ether oxygens (including phenoxy) is 1. The lowest BCUT2D eigenvalue weighted by Gasteiger charge is -2.25. The normalized spacial score (nSPS) is 17.9. The van der Waals surface area contributed by atoms with Crippen LogP contribution in [0.4, 0.5) is 5.69 Å². The van der Waals surface area contributed by atoms with Crippen LogP contribution >= 0.6 is 0 Å². The van der Waals surface area contributed by atoms with E-state index in [4.69, 9.17) is 4.74 Å². The van der Waals surface area contributed by atoms with Crippen molar-refractivity contribution >= 4 is 23.1 Å². The summed E-state index contributed by atoms with van der Waals surface area (Å²) in [6.45, 7) is 2.30. The number of carbonyl (C=O) groups is 2. The van der Waals surface area contributed by atoms with Gasteiger partial charge in [0, 0.05) is 24.2 Å². The van der Waals surface area contributed by atoms with Gasteiger partial charge in [-0.3, -0.25) is 19.7 Å². The van der Waals surface area contributed by atoms with Gasteiger partial charge in [0.15, 0.2) is 0 Å². The van der Waals surface area contributed by atoms with E-state index in [9.17, 15) is 24.8 Å². The summed E-state index contributed by atoms with van der Waals surface area (Å²) in [5, 5.41) is 21.9. The van der Waals surface area contributed by atoms with Crippen LogP contribution in [-0.2, 0) is 9.59 Å². The number of amides is 1. The van der Waals surface area contributed by atoms with E-state index in [2.05, 4.69) is 0 Å². The Hall–Kier alpha value is -3.68. The Balaban J connectivity index is 2.12. The van der Waals surface area contributed by atoms with E-state index in [0.717, 1.165) is 6.42 Å². The quantitative estimate of drug-likeness (QED) is 0.244. The van der Waals surface area contributed by atoms with Gasteiger partial charge < -0.3 is 14.7 Å². The molecule has 1 amide bonds. The molecule has 0 radical (unpaired) electrons. The molecule has 1 atom stereocenters. The molecule has 1 N–H and O–H groups in total. The van der Waals surface area contributed by atoms with Gasteiger partial charge in [0.25, 0.3) is 17.4 Å². The highest BCUT2D eigenvalue weighted by Gasteiger charge is 2.45. The maximum atomic E-state index is 12.8. The molecule has 8 heteroatoms. The van der Waals surface area contributed by atoms with Crippen molar-refractivity contribution in [2.45, 2.75) is 25.8 Å². The molecule has 3 rings (SSSR count). The molecule has 1 heterocycles. The molecule has 2 aromatic rings. The van der Waals surface area contributed by atoms with Crippen LogP contribution < -0.4 is 4.74 Å². The van der Waals surface area contributed by atoms with Gasteiger partial charge >= 0.3 is 0 Å². The van der Waals surface area contributed by atoms with Gasteiger partial charge in [0.1, 0.15) is 11.5 Å². The van der Waals surface area contributed by atoms with E-state index < -0.39 is 22.7 Å². The standard InChI is InChI=1S/C22H22N2O6/c1-3-4-13-23-19(14-5-9-16(10-6-14)24(28)29)18(21(26)22(23)27)20(25)15-7-11-17(30-2)12-8-15/h5-12,19,25H,3-4,13H2,1-2H3. The Kier molecular flexibility index (Phi) is 6.15. The highest BCUT2D eigenvalue weighted by Crippen LogP contribution is 2.40. The van der Waals surface area contributed by atoms with Crippen LogP contribution in [0.1, 0.15) is 36.9 Å². The summed E-state index contributed by atoms with van der Waals surface area (Å²) < 4.78 is 5.11. The average Bonchev–Trinajstić information content (AvgIpc) is 3.02. The van der Waals surface area contributed by atoms with Gasteiger partial charge in [-0.2, -0.15) is 0 Å². The van der Waals surface area contributed by atoms with Gasteiger partial charge in [-0.15, -0.1) is 0 Å². The van der Waals surface area contributed by atoms with E-state index in [1.165, 1.54) is 36.3 Å². The predicted molar refractivity (Wildman–Crippen MR) is 110 cm³/mol. The van der Waals surface area contributed by atoms with Crippen molar-refractivity contribution in [3.63, 3.8) is 0 Å². The lowest BCUT2D eigenvalue weighted by Crippen LogP contribution is -2.30. The number of hydrogen-bond acceptors (Lipinski definition) is 6. The maximum absolute atomic E-state index is 12.8. The number of nitro groups is 1. The molecule has 0 saturated carbocycles. The number of ketones is 1. The van der Waals surface area contributed by atoms with Crippen LogP contribution in [0.25, 0.3) is 5.76 Å². The zero-order valence-electron chi connectivity index (χ0n) is 16.7. The largest absolute Gasteiger partial charge is 0.507 e. The summed E-state index contributed by atoms with van der Waals surface area (Å²) in [5.41, 5.74) is 0.761. The van der Waals surface area contributed by atoms with Gasteiger partial charge in [-0.1, -0.05) is 13.3 Å². The molecular weight excluding hydrogens is 388 g/mol. The lowest BCUT2D eigenvalue weighted by atomic mass is 9.95. The first-order chi connectivity index (χ1) is 14.4. The van der Waals surface area contributed by atoms with Gasteiger partial charge in [0.05, 0.1) is 23.6 Å². The van der Waals surface area contributed by atoms with Crippen LogP contribution in [0.15, 0.2) is 54.1 Å². The summed E-state index contributed by atoms with van der Waals surface area (Å²) >= 11 is 0. The Labute approximate surface area is 173 Å². The van der Waals surface area contributed by atoms with Gasteiger partial charge in [-0.05, 0) is 48.4 Å². The number of unbranched alkanes of at least 4 members (excludes halogenated alkanes) is 1. The molecule has 0 bridgehead atoms. The molecule has 30 heavy (non-hydrogen) atoms. The third kappa shape index (κ3) is 3.89. The van der Waals surface area contributed by atoms with Crippen molar-refractivity contribution in [3.8, 4) is 5.75 Å². The van der Waals surface area contributed by atoms with E-state index >= 15 is 0 Å². The predicted octanol–water partition coefficient (Wildman–Crippen LogP) is 3.83. The number of nitro benzene ring substituents is 1. The fraction of sp³-hybridized carbons (Fsp3) is 0.273. The lowest BCUT2D eigenvalue weighted by molar-refractivity contribution is -0.384. The number of aliphatic hydroxyl groups is 1. The summed E-state index contributed by atoms with van der Waals surface area (Å²) in [4.78, 5) is 37.4. The zero-order chi connectivity index (χ0) is 21.8. The first kappa shape index (κ1) is 21.0. The second-order valence-electron chi connectivity index (χ2n) is 6.92. The fourth-order valence-electron chi connectivity index (χ4n) is 3.47. The molecule has 1 aliphatic rings. The summed E-state index contributed by atoms with van der Waals surface area (Å²) in [6, 6.07) is 11.3. The molecule has 2 aromatic carbocycles. The first-order valence-corrected chi connectivity index (χ1v) is 9.56. The van der Waals surface area contributed by atoms with Crippen molar-refractivity contribution in [1.29, 1.82) is 0 Å². The van der Waals surface area contributed by atoms with E-state index in [1.54, 1.807) is 24.3 Å². The fourth-order valence-corrected chi connectivity index (χ4v) is 3.47. The van der Waals surface area contributed by atoms with Gasteiger partial charge in [-0.25, -0.2) is 0 Å². The van der Waals surface area contributed by atoms with Crippen molar-refractivity contribution < 1.29 is 24.4 Å². The number of aliphatic hydroxyl groups excluding tert-OH is 1. The van der Waals surface area contributed by atoms with E-state index in [0.29, 0.717) is 29.8 Å². The number of likely N-dealkylation sites (tertiary alicyclic amines) is 1. The second-order valence-corrected chi connectivity index (χ2v) is 6.92. The molecule has 0 spiro atoms. The smallest absolute Gasteiger partial charge is 0.295 e. The Morgan fingerprint density at radius 3 is 2.30 bits per heavy atom. The van der Waals surface area contributed by atoms with Crippen LogP contribution in [0.2, 0.25) is 0 Å². The number of rotatable bonds is 7. The minimum atomic E-state index is -0.820. The molecule has 156 valence electrons. The average molecular weight is 410 g/mol. The molecule has 1 unspecified atom stereocenters. The van der Waals surface area contributed by atoms with Crippen LogP contribution in [0, 0.1) is 10.1 Å². The number of benzene rings is 2. The molecule has 1 aliphatic heterocycles. The highest BCUT2D eigenvalue weighted by molar-refractivity contribution is 6.46. The summed E-state index contributed by atoms with van der Waals surface area (Å²) in [7, 11) is 1.52. The third-order valence-electron chi connectivity index (χ3n) is 5.08.